The normalized spacial score (nSPS) is 26.1. The zero-order chi connectivity index (χ0) is 14.8. The van der Waals surface area contributed by atoms with Crippen LogP contribution in [-0.4, -0.2) is 24.7 Å². The Morgan fingerprint density at radius 2 is 2.10 bits per heavy atom. The summed E-state index contributed by atoms with van der Waals surface area (Å²) in [6, 6.07) is 6.04. The van der Waals surface area contributed by atoms with E-state index in [4.69, 9.17) is 15.2 Å². The zero-order valence-electron chi connectivity index (χ0n) is 12.4. The van der Waals surface area contributed by atoms with Crippen LogP contribution in [0.15, 0.2) is 18.2 Å². The van der Waals surface area contributed by atoms with Crippen LogP contribution < -0.4 is 10.5 Å². The number of aryl methyl sites for hydroxylation is 2. The van der Waals surface area contributed by atoms with Gasteiger partial charge in [0.1, 0.15) is 17.4 Å². The molecule has 2 atom stereocenters. The molecule has 1 aromatic carbocycles. The molecule has 0 spiro atoms. The highest BCUT2D eigenvalue weighted by Gasteiger charge is 2.41. The van der Waals surface area contributed by atoms with E-state index in [-0.39, 0.29) is 12.1 Å². The summed E-state index contributed by atoms with van der Waals surface area (Å²) in [4.78, 5) is 11.8. The van der Waals surface area contributed by atoms with Gasteiger partial charge in [0, 0.05) is 6.42 Å². The van der Waals surface area contributed by atoms with Crippen LogP contribution in [0.3, 0.4) is 0 Å². The van der Waals surface area contributed by atoms with Crippen molar-refractivity contribution in [3.8, 4) is 5.75 Å². The molecule has 0 radical (unpaired) electrons. The molecular formula is C16H23NO3. The Hall–Kier alpha value is -1.55. The first-order valence-electron chi connectivity index (χ1n) is 7.06. The van der Waals surface area contributed by atoms with Gasteiger partial charge in [-0.05, 0) is 56.4 Å². The summed E-state index contributed by atoms with van der Waals surface area (Å²) in [6.07, 6.45) is 2.93. The van der Waals surface area contributed by atoms with Gasteiger partial charge in [0.2, 0.25) is 0 Å². The first kappa shape index (κ1) is 14.9. The number of methoxy groups -OCH3 is 1. The lowest BCUT2D eigenvalue weighted by Gasteiger charge is -2.35. The Morgan fingerprint density at radius 3 is 2.75 bits per heavy atom. The van der Waals surface area contributed by atoms with Crippen molar-refractivity contribution in [2.75, 3.05) is 7.11 Å². The molecule has 1 aromatic rings. The van der Waals surface area contributed by atoms with Gasteiger partial charge < -0.3 is 15.2 Å². The maximum atomic E-state index is 11.8. The first-order chi connectivity index (χ1) is 9.44. The molecule has 1 aliphatic carbocycles. The van der Waals surface area contributed by atoms with Crippen molar-refractivity contribution < 1.29 is 14.3 Å². The summed E-state index contributed by atoms with van der Waals surface area (Å²) < 4.78 is 10.8. The summed E-state index contributed by atoms with van der Waals surface area (Å²) in [5.41, 5.74) is 7.69. The molecular weight excluding hydrogens is 254 g/mol. The Balaban J connectivity index is 2.06. The van der Waals surface area contributed by atoms with Crippen LogP contribution in [-0.2, 0) is 9.53 Å². The van der Waals surface area contributed by atoms with Crippen LogP contribution in [0.5, 0.6) is 5.75 Å². The average Bonchev–Trinajstić information content (AvgIpc) is 2.42. The van der Waals surface area contributed by atoms with E-state index in [2.05, 4.69) is 13.8 Å². The van der Waals surface area contributed by atoms with Gasteiger partial charge in [-0.15, -0.1) is 0 Å². The molecule has 0 bridgehead atoms. The van der Waals surface area contributed by atoms with E-state index < -0.39 is 5.54 Å². The van der Waals surface area contributed by atoms with E-state index in [9.17, 15) is 4.79 Å². The van der Waals surface area contributed by atoms with Crippen molar-refractivity contribution in [2.24, 2.45) is 5.73 Å². The van der Waals surface area contributed by atoms with Gasteiger partial charge >= 0.3 is 5.97 Å². The standard InChI is InChI=1S/C16H23NO3/c1-11-6-7-13(9-12(11)2)20-14-5-4-8-16(17,10-14)15(18)19-3/h6-7,9,14H,4-5,8,10,17H2,1-3H3. The van der Waals surface area contributed by atoms with Gasteiger partial charge in [-0.3, -0.25) is 4.79 Å². The average molecular weight is 277 g/mol. The Labute approximate surface area is 120 Å². The van der Waals surface area contributed by atoms with Gasteiger partial charge in [-0.1, -0.05) is 6.07 Å². The highest BCUT2D eigenvalue weighted by Crippen LogP contribution is 2.30. The number of rotatable bonds is 3. The van der Waals surface area contributed by atoms with Crippen LogP contribution in [0.4, 0.5) is 0 Å². The van der Waals surface area contributed by atoms with Crippen molar-refractivity contribution in [1.82, 2.24) is 0 Å². The fourth-order valence-corrected chi connectivity index (χ4v) is 2.72. The summed E-state index contributed by atoms with van der Waals surface area (Å²) >= 11 is 0. The van der Waals surface area contributed by atoms with Crippen LogP contribution in [0.1, 0.15) is 36.8 Å². The molecule has 0 aromatic heterocycles. The molecule has 0 heterocycles. The number of hydrogen-bond donors (Lipinski definition) is 1. The first-order valence-corrected chi connectivity index (χ1v) is 7.06. The van der Waals surface area contributed by atoms with E-state index in [1.54, 1.807) is 0 Å². The largest absolute Gasteiger partial charge is 0.490 e. The van der Waals surface area contributed by atoms with Crippen molar-refractivity contribution in [1.29, 1.82) is 0 Å². The maximum absolute atomic E-state index is 11.8. The molecule has 2 rings (SSSR count). The third kappa shape index (κ3) is 3.12. The van der Waals surface area contributed by atoms with Gasteiger partial charge in [0.05, 0.1) is 7.11 Å². The molecule has 1 aliphatic rings. The predicted octanol–water partition coefficient (Wildman–Crippen LogP) is 2.50. The SMILES string of the molecule is COC(=O)C1(N)CCCC(Oc2ccc(C)c(C)c2)C1. The molecule has 2 unspecified atom stereocenters. The second-order valence-electron chi connectivity index (χ2n) is 5.73. The molecule has 1 fully saturated rings. The van der Waals surface area contributed by atoms with Crippen LogP contribution >= 0.6 is 0 Å². The molecule has 4 heteroatoms. The Morgan fingerprint density at radius 1 is 1.35 bits per heavy atom. The van der Waals surface area contributed by atoms with Crippen LogP contribution in [0, 0.1) is 13.8 Å². The highest BCUT2D eigenvalue weighted by atomic mass is 16.5. The number of esters is 1. The molecule has 110 valence electrons. The van der Waals surface area contributed by atoms with E-state index in [1.807, 2.05) is 18.2 Å². The minimum absolute atomic E-state index is 0.0324. The lowest BCUT2D eigenvalue weighted by Crippen LogP contribution is -2.54. The van der Waals surface area contributed by atoms with Gasteiger partial charge in [-0.25, -0.2) is 0 Å². The van der Waals surface area contributed by atoms with Crippen molar-refractivity contribution in [3.63, 3.8) is 0 Å². The van der Waals surface area contributed by atoms with Gasteiger partial charge in [0.15, 0.2) is 0 Å². The second-order valence-corrected chi connectivity index (χ2v) is 5.73. The van der Waals surface area contributed by atoms with Crippen molar-refractivity contribution in [3.05, 3.63) is 29.3 Å². The number of benzene rings is 1. The minimum atomic E-state index is -0.905. The molecule has 0 saturated heterocycles. The van der Waals surface area contributed by atoms with Crippen LogP contribution in [0.25, 0.3) is 0 Å². The fourth-order valence-electron chi connectivity index (χ4n) is 2.72. The van der Waals surface area contributed by atoms with E-state index >= 15 is 0 Å². The molecule has 20 heavy (non-hydrogen) atoms. The summed E-state index contributed by atoms with van der Waals surface area (Å²) in [5.74, 6) is 0.498. The van der Waals surface area contributed by atoms with Gasteiger partial charge in [0.25, 0.3) is 0 Å². The third-order valence-corrected chi connectivity index (χ3v) is 4.11. The molecule has 2 N–H and O–H groups in total. The van der Waals surface area contributed by atoms with Crippen molar-refractivity contribution in [2.45, 2.75) is 51.2 Å². The molecule has 4 nitrogen and oxygen atoms in total. The monoisotopic (exact) mass is 277 g/mol. The Kier molecular flexibility index (Phi) is 4.33. The van der Waals surface area contributed by atoms with E-state index in [1.165, 1.54) is 18.2 Å². The number of ether oxygens (including phenoxy) is 2. The topological polar surface area (TPSA) is 61.5 Å². The summed E-state index contributed by atoms with van der Waals surface area (Å²) in [7, 11) is 1.38. The van der Waals surface area contributed by atoms with Crippen LogP contribution in [0.2, 0.25) is 0 Å². The number of hydrogen-bond acceptors (Lipinski definition) is 4. The number of carbonyl (C=O) groups excluding carboxylic acids is 1. The zero-order valence-corrected chi connectivity index (χ0v) is 12.4. The van der Waals surface area contributed by atoms with E-state index in [0.29, 0.717) is 12.8 Å². The summed E-state index contributed by atoms with van der Waals surface area (Å²) in [5, 5.41) is 0. The smallest absolute Gasteiger partial charge is 0.325 e. The van der Waals surface area contributed by atoms with Crippen molar-refractivity contribution >= 4 is 5.97 Å². The number of nitrogens with two attached hydrogens (primary N) is 1. The van der Waals surface area contributed by atoms with Gasteiger partial charge in [-0.2, -0.15) is 0 Å². The lowest BCUT2D eigenvalue weighted by atomic mass is 9.81. The molecule has 0 amide bonds. The van der Waals surface area contributed by atoms with E-state index in [0.717, 1.165) is 18.6 Å². The maximum Gasteiger partial charge on any atom is 0.325 e. The highest BCUT2D eigenvalue weighted by molar-refractivity contribution is 5.80. The number of carbonyl (C=O) groups is 1. The second kappa shape index (κ2) is 5.83. The quantitative estimate of drug-likeness (QED) is 0.862. The molecule has 1 saturated carbocycles. The third-order valence-electron chi connectivity index (χ3n) is 4.11. The fraction of sp³-hybridized carbons (Fsp3) is 0.562. The minimum Gasteiger partial charge on any atom is -0.490 e. The lowest BCUT2D eigenvalue weighted by molar-refractivity contribution is -0.149. The molecule has 0 aliphatic heterocycles. The summed E-state index contributed by atoms with van der Waals surface area (Å²) in [6.45, 7) is 4.13. The Bertz CT molecular complexity index is 500. The predicted molar refractivity (Wildman–Crippen MR) is 77.7 cm³/mol.